The second kappa shape index (κ2) is 4.17. The van der Waals surface area contributed by atoms with E-state index in [0.717, 1.165) is 0 Å². The summed E-state index contributed by atoms with van der Waals surface area (Å²) in [6, 6.07) is 6.79. The number of hydrogen-bond acceptors (Lipinski definition) is 3. The zero-order chi connectivity index (χ0) is 9.84. The summed E-state index contributed by atoms with van der Waals surface area (Å²) in [5.74, 6) is -0.177. The van der Waals surface area contributed by atoms with Gasteiger partial charge in [0, 0.05) is 10.0 Å². The Morgan fingerprint density at radius 1 is 1.62 bits per heavy atom. The first kappa shape index (κ1) is 9.90. The predicted molar refractivity (Wildman–Crippen MR) is 52.2 cm³/mol. The van der Waals surface area contributed by atoms with Gasteiger partial charge in [0.05, 0.1) is 18.2 Å². The van der Waals surface area contributed by atoms with Crippen LogP contribution in [0.5, 0.6) is 0 Å². The fourth-order valence-electron chi connectivity index (χ4n) is 0.918. The van der Waals surface area contributed by atoms with Gasteiger partial charge in [-0.25, -0.2) is 0 Å². The molecule has 0 amide bonds. The molecule has 0 spiro atoms. The molecule has 0 aliphatic carbocycles. The summed E-state index contributed by atoms with van der Waals surface area (Å²) in [7, 11) is 0. The maximum atomic E-state index is 11.2. The van der Waals surface area contributed by atoms with Crippen LogP contribution in [0, 0.1) is 11.3 Å². The molecule has 0 saturated carbocycles. The molecule has 0 heterocycles. The van der Waals surface area contributed by atoms with E-state index in [0.29, 0.717) is 15.6 Å². The van der Waals surface area contributed by atoms with Gasteiger partial charge in [0.15, 0.2) is 5.78 Å². The van der Waals surface area contributed by atoms with Gasteiger partial charge in [-0.05, 0) is 18.2 Å². The Labute approximate surface area is 84.3 Å². The van der Waals surface area contributed by atoms with E-state index < -0.39 is 0 Å². The summed E-state index contributed by atoms with van der Waals surface area (Å²) < 4.78 is 0.668. The van der Waals surface area contributed by atoms with Crippen LogP contribution in [0.3, 0.4) is 0 Å². The van der Waals surface area contributed by atoms with E-state index in [1.807, 2.05) is 6.07 Å². The summed E-state index contributed by atoms with van der Waals surface area (Å²) in [6.45, 7) is -0.0481. The molecule has 2 N–H and O–H groups in total. The first-order chi connectivity index (χ1) is 6.19. The SMILES string of the molecule is N#Cc1ccc(Br)c(C(=O)CN)c1. The number of nitrogens with two attached hydrogens (primary N) is 1. The predicted octanol–water partition coefficient (Wildman–Crippen LogP) is 1.46. The largest absolute Gasteiger partial charge is 0.324 e. The average molecular weight is 239 g/mol. The van der Waals surface area contributed by atoms with Crippen molar-refractivity contribution in [2.24, 2.45) is 5.73 Å². The summed E-state index contributed by atoms with van der Waals surface area (Å²) in [6.07, 6.45) is 0. The number of halogens is 1. The van der Waals surface area contributed by atoms with Crippen molar-refractivity contribution in [3.8, 4) is 6.07 Å². The third-order valence-electron chi connectivity index (χ3n) is 1.58. The van der Waals surface area contributed by atoms with Crippen molar-refractivity contribution in [3.05, 3.63) is 33.8 Å². The van der Waals surface area contributed by atoms with E-state index in [2.05, 4.69) is 15.9 Å². The van der Waals surface area contributed by atoms with E-state index in [4.69, 9.17) is 11.0 Å². The van der Waals surface area contributed by atoms with Crippen LogP contribution in [-0.4, -0.2) is 12.3 Å². The highest BCUT2D eigenvalue weighted by molar-refractivity contribution is 9.10. The van der Waals surface area contributed by atoms with E-state index in [1.165, 1.54) is 6.07 Å². The number of nitriles is 1. The van der Waals surface area contributed by atoms with Crippen LogP contribution in [0.2, 0.25) is 0 Å². The van der Waals surface area contributed by atoms with Gasteiger partial charge in [-0.2, -0.15) is 5.26 Å². The van der Waals surface area contributed by atoms with Gasteiger partial charge in [-0.15, -0.1) is 0 Å². The van der Waals surface area contributed by atoms with Crippen molar-refractivity contribution in [2.75, 3.05) is 6.54 Å². The Morgan fingerprint density at radius 3 is 2.85 bits per heavy atom. The van der Waals surface area contributed by atoms with Crippen LogP contribution < -0.4 is 5.73 Å². The number of ketones is 1. The normalized spacial score (nSPS) is 9.31. The third-order valence-corrected chi connectivity index (χ3v) is 2.27. The number of carbonyl (C=O) groups excluding carboxylic acids is 1. The number of Topliss-reactive ketones (excluding diaryl/α,β-unsaturated/α-hetero) is 1. The Balaban J connectivity index is 3.20. The van der Waals surface area contributed by atoms with Crippen molar-refractivity contribution in [1.82, 2.24) is 0 Å². The van der Waals surface area contributed by atoms with Crippen LogP contribution >= 0.6 is 15.9 Å². The minimum absolute atomic E-state index is 0.0481. The molecule has 66 valence electrons. The topological polar surface area (TPSA) is 66.9 Å². The number of hydrogen-bond donors (Lipinski definition) is 1. The zero-order valence-electron chi connectivity index (χ0n) is 6.75. The maximum Gasteiger partial charge on any atom is 0.177 e. The molecule has 4 heteroatoms. The monoisotopic (exact) mass is 238 g/mol. The lowest BCUT2D eigenvalue weighted by atomic mass is 10.1. The van der Waals surface area contributed by atoms with Gasteiger partial charge in [-0.3, -0.25) is 4.79 Å². The second-order valence-electron chi connectivity index (χ2n) is 2.43. The van der Waals surface area contributed by atoms with Gasteiger partial charge in [0.1, 0.15) is 0 Å². The number of benzene rings is 1. The highest BCUT2D eigenvalue weighted by atomic mass is 79.9. The van der Waals surface area contributed by atoms with Gasteiger partial charge in [0.2, 0.25) is 0 Å². The van der Waals surface area contributed by atoms with E-state index in [1.54, 1.807) is 12.1 Å². The van der Waals surface area contributed by atoms with Gasteiger partial charge in [0.25, 0.3) is 0 Å². The van der Waals surface area contributed by atoms with Crippen molar-refractivity contribution >= 4 is 21.7 Å². The molecule has 0 aliphatic rings. The number of nitrogens with zero attached hydrogens (tertiary/aromatic N) is 1. The summed E-state index contributed by atoms with van der Waals surface area (Å²) >= 11 is 3.22. The molecule has 0 unspecified atom stereocenters. The van der Waals surface area contributed by atoms with Crippen LogP contribution in [0.4, 0.5) is 0 Å². The molecule has 0 bridgehead atoms. The highest BCUT2D eigenvalue weighted by Gasteiger charge is 2.08. The van der Waals surface area contributed by atoms with Crippen LogP contribution in [-0.2, 0) is 0 Å². The lowest BCUT2D eigenvalue weighted by Gasteiger charge is -2.01. The standard InChI is InChI=1S/C9H7BrN2O/c10-8-2-1-6(4-11)3-7(8)9(13)5-12/h1-3H,5,12H2. The molecule has 0 radical (unpaired) electrons. The molecule has 0 aromatic heterocycles. The van der Waals surface area contributed by atoms with Crippen molar-refractivity contribution in [1.29, 1.82) is 5.26 Å². The van der Waals surface area contributed by atoms with E-state index >= 15 is 0 Å². The molecular formula is C9H7BrN2O. The second-order valence-corrected chi connectivity index (χ2v) is 3.29. The maximum absolute atomic E-state index is 11.2. The fraction of sp³-hybridized carbons (Fsp3) is 0.111. The van der Waals surface area contributed by atoms with E-state index in [9.17, 15) is 4.79 Å². The summed E-state index contributed by atoms with van der Waals surface area (Å²) in [5.41, 5.74) is 6.13. The fourth-order valence-corrected chi connectivity index (χ4v) is 1.39. The quantitative estimate of drug-likeness (QED) is 0.794. The molecule has 1 rings (SSSR count). The van der Waals surface area contributed by atoms with E-state index in [-0.39, 0.29) is 12.3 Å². The third kappa shape index (κ3) is 2.14. The van der Waals surface area contributed by atoms with Gasteiger partial charge in [-0.1, -0.05) is 15.9 Å². The molecule has 0 saturated heterocycles. The molecule has 0 fully saturated rings. The molecular weight excluding hydrogens is 232 g/mol. The van der Waals surface area contributed by atoms with Gasteiger partial charge >= 0.3 is 0 Å². The average Bonchev–Trinajstić information content (AvgIpc) is 2.17. The number of carbonyl (C=O) groups is 1. The van der Waals surface area contributed by atoms with Crippen molar-refractivity contribution in [3.63, 3.8) is 0 Å². The Hall–Kier alpha value is -1.18. The van der Waals surface area contributed by atoms with Crippen LogP contribution in [0.25, 0.3) is 0 Å². The summed E-state index contributed by atoms with van der Waals surface area (Å²) in [5, 5.41) is 8.60. The zero-order valence-corrected chi connectivity index (χ0v) is 8.34. The molecule has 1 aromatic carbocycles. The lowest BCUT2D eigenvalue weighted by Crippen LogP contribution is -2.14. The van der Waals surface area contributed by atoms with Crippen LogP contribution in [0.1, 0.15) is 15.9 Å². The minimum atomic E-state index is -0.177. The van der Waals surface area contributed by atoms with Crippen LogP contribution in [0.15, 0.2) is 22.7 Å². The Bertz CT molecular complexity index is 382. The molecule has 3 nitrogen and oxygen atoms in total. The Kier molecular flexibility index (Phi) is 3.18. The molecule has 0 atom stereocenters. The lowest BCUT2D eigenvalue weighted by molar-refractivity contribution is 0.100. The molecule has 1 aromatic rings. The van der Waals surface area contributed by atoms with Crippen molar-refractivity contribution < 1.29 is 4.79 Å². The van der Waals surface area contributed by atoms with Crippen molar-refractivity contribution in [2.45, 2.75) is 0 Å². The minimum Gasteiger partial charge on any atom is -0.324 e. The number of rotatable bonds is 2. The smallest absolute Gasteiger partial charge is 0.177 e. The van der Waals surface area contributed by atoms with Gasteiger partial charge < -0.3 is 5.73 Å². The summed E-state index contributed by atoms with van der Waals surface area (Å²) in [4.78, 5) is 11.2. The molecule has 13 heavy (non-hydrogen) atoms. The highest BCUT2D eigenvalue weighted by Crippen LogP contribution is 2.18. The first-order valence-corrected chi connectivity index (χ1v) is 4.41. The molecule has 0 aliphatic heterocycles. The Morgan fingerprint density at radius 2 is 2.31 bits per heavy atom. The first-order valence-electron chi connectivity index (χ1n) is 3.62.